The maximum atomic E-state index is 5.63. The molecule has 1 fully saturated rings. The molecular formula is C16H28N2O. The maximum absolute atomic E-state index is 5.63. The Balaban J connectivity index is 1.93. The SMILES string of the molecule is CC1CN(Cc2ccoc2CNC(C)(C)C)CC1C. The molecule has 1 saturated heterocycles. The highest BCUT2D eigenvalue weighted by molar-refractivity contribution is 5.17. The summed E-state index contributed by atoms with van der Waals surface area (Å²) in [6, 6.07) is 2.12. The number of likely N-dealkylation sites (tertiary alicyclic amines) is 1. The van der Waals surface area contributed by atoms with Crippen LogP contribution in [0.15, 0.2) is 16.7 Å². The minimum atomic E-state index is 0.126. The highest BCUT2D eigenvalue weighted by Crippen LogP contribution is 2.25. The van der Waals surface area contributed by atoms with E-state index in [4.69, 9.17) is 4.42 Å². The van der Waals surface area contributed by atoms with Gasteiger partial charge in [0.25, 0.3) is 0 Å². The molecule has 0 bridgehead atoms. The standard InChI is InChI=1S/C16H28N2O/c1-12-9-18(10-13(12)2)11-14-6-7-19-15(14)8-17-16(3,4)5/h6-7,12-13,17H,8-11H2,1-5H3. The van der Waals surface area contributed by atoms with Crippen LogP contribution in [0.2, 0.25) is 0 Å². The summed E-state index contributed by atoms with van der Waals surface area (Å²) >= 11 is 0. The molecule has 108 valence electrons. The number of rotatable bonds is 4. The third-order valence-electron chi connectivity index (χ3n) is 4.07. The van der Waals surface area contributed by atoms with E-state index in [0.29, 0.717) is 0 Å². The molecule has 3 heteroatoms. The van der Waals surface area contributed by atoms with Crippen molar-refractivity contribution in [1.29, 1.82) is 0 Å². The summed E-state index contributed by atoms with van der Waals surface area (Å²) in [6.45, 7) is 15.5. The van der Waals surface area contributed by atoms with Crippen LogP contribution in [0.5, 0.6) is 0 Å². The van der Waals surface area contributed by atoms with Crippen molar-refractivity contribution in [3.63, 3.8) is 0 Å². The van der Waals surface area contributed by atoms with Crippen molar-refractivity contribution in [2.45, 2.75) is 53.2 Å². The van der Waals surface area contributed by atoms with E-state index in [2.05, 4.69) is 50.9 Å². The van der Waals surface area contributed by atoms with Crippen molar-refractivity contribution >= 4 is 0 Å². The van der Waals surface area contributed by atoms with Gasteiger partial charge in [-0.2, -0.15) is 0 Å². The van der Waals surface area contributed by atoms with Gasteiger partial charge in [-0.25, -0.2) is 0 Å². The molecule has 2 rings (SSSR count). The molecular weight excluding hydrogens is 236 g/mol. The Labute approximate surface area is 117 Å². The molecule has 0 saturated carbocycles. The number of nitrogens with zero attached hydrogens (tertiary/aromatic N) is 1. The predicted octanol–water partition coefficient (Wildman–Crippen LogP) is 3.26. The Morgan fingerprint density at radius 2 is 1.89 bits per heavy atom. The van der Waals surface area contributed by atoms with E-state index in [0.717, 1.165) is 30.7 Å². The molecule has 0 spiro atoms. The Kier molecular flexibility index (Phi) is 4.36. The lowest BCUT2D eigenvalue weighted by molar-refractivity contribution is 0.309. The second-order valence-electron chi connectivity index (χ2n) is 7.12. The zero-order chi connectivity index (χ0) is 14.0. The first-order valence-corrected chi connectivity index (χ1v) is 7.38. The smallest absolute Gasteiger partial charge is 0.122 e. The van der Waals surface area contributed by atoms with Crippen molar-refractivity contribution < 1.29 is 4.42 Å². The molecule has 1 aliphatic rings. The van der Waals surface area contributed by atoms with Gasteiger partial charge < -0.3 is 9.73 Å². The largest absolute Gasteiger partial charge is 0.468 e. The molecule has 0 aromatic carbocycles. The van der Waals surface area contributed by atoms with E-state index in [1.54, 1.807) is 0 Å². The van der Waals surface area contributed by atoms with Crippen LogP contribution in [0, 0.1) is 11.8 Å². The van der Waals surface area contributed by atoms with E-state index in [-0.39, 0.29) is 5.54 Å². The molecule has 0 aliphatic carbocycles. The van der Waals surface area contributed by atoms with Crippen molar-refractivity contribution in [2.24, 2.45) is 11.8 Å². The third kappa shape index (κ3) is 4.08. The molecule has 2 atom stereocenters. The molecule has 0 amide bonds. The molecule has 0 radical (unpaired) electrons. The monoisotopic (exact) mass is 264 g/mol. The summed E-state index contributed by atoms with van der Waals surface area (Å²) in [7, 11) is 0. The zero-order valence-corrected chi connectivity index (χ0v) is 13.0. The Morgan fingerprint density at radius 3 is 2.47 bits per heavy atom. The number of furan rings is 1. The van der Waals surface area contributed by atoms with Gasteiger partial charge in [-0.15, -0.1) is 0 Å². The van der Waals surface area contributed by atoms with Gasteiger partial charge in [0.2, 0.25) is 0 Å². The summed E-state index contributed by atoms with van der Waals surface area (Å²) < 4.78 is 5.63. The second kappa shape index (κ2) is 5.68. The highest BCUT2D eigenvalue weighted by atomic mass is 16.3. The van der Waals surface area contributed by atoms with Gasteiger partial charge in [0, 0.05) is 30.7 Å². The topological polar surface area (TPSA) is 28.4 Å². The normalized spacial score (nSPS) is 25.1. The van der Waals surface area contributed by atoms with Crippen LogP contribution in [0.3, 0.4) is 0 Å². The third-order valence-corrected chi connectivity index (χ3v) is 4.07. The summed E-state index contributed by atoms with van der Waals surface area (Å²) in [5, 5.41) is 3.49. The van der Waals surface area contributed by atoms with E-state index < -0.39 is 0 Å². The minimum Gasteiger partial charge on any atom is -0.468 e. The average molecular weight is 264 g/mol. The Bertz CT molecular complexity index is 395. The van der Waals surface area contributed by atoms with Crippen LogP contribution in [-0.4, -0.2) is 23.5 Å². The average Bonchev–Trinajstić information content (AvgIpc) is 2.84. The maximum Gasteiger partial charge on any atom is 0.122 e. The lowest BCUT2D eigenvalue weighted by atomic mass is 10.0. The molecule has 1 N–H and O–H groups in total. The first kappa shape index (κ1) is 14.6. The van der Waals surface area contributed by atoms with Gasteiger partial charge in [0.1, 0.15) is 5.76 Å². The molecule has 2 heterocycles. The van der Waals surface area contributed by atoms with Gasteiger partial charge in [-0.05, 0) is 38.7 Å². The molecule has 1 aromatic heterocycles. The summed E-state index contributed by atoms with van der Waals surface area (Å²) in [5.74, 6) is 2.70. The van der Waals surface area contributed by atoms with Crippen LogP contribution in [0.1, 0.15) is 45.9 Å². The lowest BCUT2D eigenvalue weighted by Crippen LogP contribution is -2.35. The van der Waals surface area contributed by atoms with E-state index in [1.165, 1.54) is 18.7 Å². The fourth-order valence-corrected chi connectivity index (χ4v) is 2.63. The van der Waals surface area contributed by atoms with Gasteiger partial charge in [-0.3, -0.25) is 4.90 Å². The molecule has 3 nitrogen and oxygen atoms in total. The van der Waals surface area contributed by atoms with Gasteiger partial charge in [0.05, 0.1) is 12.8 Å². The molecule has 2 unspecified atom stereocenters. The number of nitrogens with one attached hydrogen (secondary N) is 1. The first-order valence-electron chi connectivity index (χ1n) is 7.38. The van der Waals surface area contributed by atoms with Crippen molar-refractivity contribution in [3.8, 4) is 0 Å². The van der Waals surface area contributed by atoms with E-state index in [9.17, 15) is 0 Å². The van der Waals surface area contributed by atoms with E-state index in [1.807, 2.05) is 6.26 Å². The van der Waals surface area contributed by atoms with Crippen LogP contribution in [0.25, 0.3) is 0 Å². The van der Waals surface area contributed by atoms with Crippen molar-refractivity contribution in [1.82, 2.24) is 10.2 Å². The minimum absolute atomic E-state index is 0.126. The lowest BCUT2D eigenvalue weighted by Gasteiger charge is -2.21. The second-order valence-corrected chi connectivity index (χ2v) is 7.12. The zero-order valence-electron chi connectivity index (χ0n) is 13.0. The molecule has 19 heavy (non-hydrogen) atoms. The van der Waals surface area contributed by atoms with Crippen LogP contribution in [-0.2, 0) is 13.1 Å². The van der Waals surface area contributed by atoms with Gasteiger partial charge in [0.15, 0.2) is 0 Å². The van der Waals surface area contributed by atoms with Crippen LogP contribution < -0.4 is 5.32 Å². The highest BCUT2D eigenvalue weighted by Gasteiger charge is 2.26. The fourth-order valence-electron chi connectivity index (χ4n) is 2.63. The van der Waals surface area contributed by atoms with Crippen LogP contribution in [0.4, 0.5) is 0 Å². The van der Waals surface area contributed by atoms with Crippen LogP contribution >= 0.6 is 0 Å². The predicted molar refractivity (Wildman–Crippen MR) is 78.9 cm³/mol. The number of hydrogen-bond donors (Lipinski definition) is 1. The number of hydrogen-bond acceptors (Lipinski definition) is 3. The van der Waals surface area contributed by atoms with Crippen molar-refractivity contribution in [2.75, 3.05) is 13.1 Å². The van der Waals surface area contributed by atoms with Gasteiger partial charge >= 0.3 is 0 Å². The van der Waals surface area contributed by atoms with E-state index >= 15 is 0 Å². The summed E-state index contributed by atoms with van der Waals surface area (Å²) in [6.07, 6.45) is 1.82. The molecule has 1 aliphatic heterocycles. The first-order chi connectivity index (χ1) is 8.85. The fraction of sp³-hybridized carbons (Fsp3) is 0.750. The Hall–Kier alpha value is -0.800. The summed E-state index contributed by atoms with van der Waals surface area (Å²) in [5.41, 5.74) is 1.46. The summed E-state index contributed by atoms with van der Waals surface area (Å²) in [4.78, 5) is 2.54. The molecule has 1 aromatic rings. The van der Waals surface area contributed by atoms with Gasteiger partial charge in [-0.1, -0.05) is 13.8 Å². The van der Waals surface area contributed by atoms with Crippen molar-refractivity contribution in [3.05, 3.63) is 23.7 Å². The quantitative estimate of drug-likeness (QED) is 0.905. The Morgan fingerprint density at radius 1 is 1.26 bits per heavy atom.